The molecule has 2 rings (SSSR count). The molecule has 0 bridgehead atoms. The molecule has 17 heavy (non-hydrogen) atoms. The van der Waals surface area contributed by atoms with Crippen molar-refractivity contribution in [2.45, 2.75) is 11.9 Å². The van der Waals surface area contributed by atoms with Crippen molar-refractivity contribution in [2.75, 3.05) is 0 Å². The third kappa shape index (κ3) is 3.75. The summed E-state index contributed by atoms with van der Waals surface area (Å²) in [6.07, 6.45) is 3.08. The monoisotopic (exact) mass is 311 g/mol. The Bertz CT molecular complexity index is 472. The Labute approximate surface area is 120 Å². The van der Waals surface area contributed by atoms with Crippen LogP contribution in [0, 0.1) is 0 Å². The van der Waals surface area contributed by atoms with Crippen molar-refractivity contribution >= 4 is 47.2 Å². The number of rotatable bonds is 3. The van der Waals surface area contributed by atoms with Crippen molar-refractivity contribution in [2.24, 2.45) is 0 Å². The van der Waals surface area contributed by atoms with Gasteiger partial charge in [0, 0.05) is 10.0 Å². The van der Waals surface area contributed by atoms with Crippen LogP contribution in [0.25, 0.3) is 0 Å². The predicted molar refractivity (Wildman–Crippen MR) is 72.3 cm³/mol. The Morgan fingerprint density at radius 1 is 1.29 bits per heavy atom. The second kappa shape index (κ2) is 6.45. The molecule has 0 aliphatic rings. The minimum Gasteiger partial charge on any atom is -0.251 e. The zero-order valence-corrected chi connectivity index (χ0v) is 11.6. The lowest BCUT2D eigenvalue weighted by molar-refractivity contribution is 0.600. The normalized spacial score (nSPS) is 11.9. The summed E-state index contributed by atoms with van der Waals surface area (Å²) in [7, 11) is 0. The standard InChI is InChI=1S/C10H8Cl3N3.ClH/c11-7-1-2-8(9(12)3-7)10(13)4-16-6-14-5-15-16;/h1-3,5-6,10H,4H2;1H. The van der Waals surface area contributed by atoms with Crippen LogP contribution in [0.3, 0.4) is 0 Å². The molecule has 1 aromatic carbocycles. The van der Waals surface area contributed by atoms with Crippen LogP contribution in [0.4, 0.5) is 0 Å². The summed E-state index contributed by atoms with van der Waals surface area (Å²) in [4.78, 5) is 3.84. The first-order chi connectivity index (χ1) is 7.66. The highest BCUT2D eigenvalue weighted by Crippen LogP contribution is 2.30. The van der Waals surface area contributed by atoms with Crippen LogP contribution in [0.2, 0.25) is 10.0 Å². The number of alkyl halides is 1. The Balaban J connectivity index is 0.00000144. The van der Waals surface area contributed by atoms with E-state index in [0.29, 0.717) is 16.6 Å². The van der Waals surface area contributed by atoms with Gasteiger partial charge in [0.2, 0.25) is 0 Å². The molecule has 0 fully saturated rings. The molecule has 1 atom stereocenters. The molecule has 92 valence electrons. The summed E-state index contributed by atoms with van der Waals surface area (Å²) < 4.78 is 1.66. The minimum atomic E-state index is -0.258. The van der Waals surface area contributed by atoms with Gasteiger partial charge in [-0.2, -0.15) is 5.10 Å². The summed E-state index contributed by atoms with van der Waals surface area (Å²) in [5.41, 5.74) is 0.836. The van der Waals surface area contributed by atoms with Crippen LogP contribution >= 0.6 is 47.2 Å². The van der Waals surface area contributed by atoms with Gasteiger partial charge < -0.3 is 0 Å². The maximum Gasteiger partial charge on any atom is 0.137 e. The van der Waals surface area contributed by atoms with Crippen LogP contribution in [0.1, 0.15) is 10.9 Å². The summed E-state index contributed by atoms with van der Waals surface area (Å²) in [5.74, 6) is 0. The summed E-state index contributed by atoms with van der Waals surface area (Å²) in [6.45, 7) is 0.517. The average molecular weight is 313 g/mol. The van der Waals surface area contributed by atoms with E-state index in [0.717, 1.165) is 5.56 Å². The fourth-order valence-electron chi connectivity index (χ4n) is 1.35. The molecule has 3 nitrogen and oxygen atoms in total. The van der Waals surface area contributed by atoms with Crippen molar-refractivity contribution in [1.82, 2.24) is 14.8 Å². The molecule has 0 N–H and O–H groups in total. The Morgan fingerprint density at radius 2 is 2.06 bits per heavy atom. The Hall–Kier alpha value is -0.480. The third-order valence-electron chi connectivity index (χ3n) is 2.11. The van der Waals surface area contributed by atoms with E-state index < -0.39 is 0 Å². The molecule has 7 heteroatoms. The average Bonchev–Trinajstić information content (AvgIpc) is 2.70. The van der Waals surface area contributed by atoms with Gasteiger partial charge in [-0.15, -0.1) is 24.0 Å². The Morgan fingerprint density at radius 3 is 2.65 bits per heavy atom. The van der Waals surface area contributed by atoms with Crippen molar-refractivity contribution in [3.8, 4) is 0 Å². The first kappa shape index (κ1) is 14.6. The second-order valence-electron chi connectivity index (χ2n) is 3.25. The maximum absolute atomic E-state index is 6.24. The highest BCUT2D eigenvalue weighted by Gasteiger charge is 2.13. The summed E-state index contributed by atoms with van der Waals surface area (Å²) in [5, 5.41) is 4.88. The van der Waals surface area contributed by atoms with E-state index in [4.69, 9.17) is 34.8 Å². The van der Waals surface area contributed by atoms with Crippen molar-refractivity contribution < 1.29 is 0 Å². The number of nitrogens with zero attached hydrogens (tertiary/aromatic N) is 3. The smallest absolute Gasteiger partial charge is 0.137 e. The minimum absolute atomic E-state index is 0. The molecule has 1 aromatic heterocycles. The van der Waals surface area contributed by atoms with E-state index in [-0.39, 0.29) is 17.8 Å². The first-order valence-electron chi connectivity index (χ1n) is 4.58. The van der Waals surface area contributed by atoms with E-state index in [1.807, 2.05) is 6.07 Å². The van der Waals surface area contributed by atoms with E-state index in [2.05, 4.69) is 10.1 Å². The van der Waals surface area contributed by atoms with Crippen molar-refractivity contribution in [3.05, 3.63) is 46.5 Å². The van der Waals surface area contributed by atoms with E-state index in [9.17, 15) is 0 Å². The quantitative estimate of drug-likeness (QED) is 0.802. The zero-order valence-electron chi connectivity index (χ0n) is 8.55. The first-order valence-corrected chi connectivity index (χ1v) is 5.77. The van der Waals surface area contributed by atoms with Gasteiger partial charge in [-0.05, 0) is 17.7 Å². The molecule has 0 radical (unpaired) electrons. The van der Waals surface area contributed by atoms with E-state index in [1.165, 1.54) is 6.33 Å². The van der Waals surface area contributed by atoms with Gasteiger partial charge in [-0.1, -0.05) is 29.3 Å². The molecular formula is C10H9Cl4N3. The van der Waals surface area contributed by atoms with E-state index in [1.54, 1.807) is 23.1 Å². The SMILES string of the molecule is Cl.Clc1ccc(C(Cl)Cn2cncn2)c(Cl)c1. The lowest BCUT2D eigenvalue weighted by atomic mass is 10.1. The van der Waals surface area contributed by atoms with Gasteiger partial charge in [0.25, 0.3) is 0 Å². The number of halogens is 4. The van der Waals surface area contributed by atoms with Gasteiger partial charge in [-0.3, -0.25) is 4.68 Å². The Kier molecular flexibility index (Phi) is 5.53. The topological polar surface area (TPSA) is 30.7 Å². The number of benzene rings is 1. The molecule has 0 spiro atoms. The lowest BCUT2D eigenvalue weighted by Gasteiger charge is -2.11. The van der Waals surface area contributed by atoms with Crippen molar-refractivity contribution in [3.63, 3.8) is 0 Å². The maximum atomic E-state index is 6.24. The van der Waals surface area contributed by atoms with Gasteiger partial charge in [0.1, 0.15) is 12.7 Å². The summed E-state index contributed by atoms with van der Waals surface area (Å²) >= 11 is 18.1. The molecule has 0 saturated heterocycles. The molecule has 1 unspecified atom stereocenters. The van der Waals surface area contributed by atoms with Crippen molar-refractivity contribution in [1.29, 1.82) is 0 Å². The number of hydrogen-bond acceptors (Lipinski definition) is 2. The fraction of sp³-hybridized carbons (Fsp3) is 0.200. The molecule has 2 aromatic rings. The zero-order chi connectivity index (χ0) is 11.5. The molecule has 1 heterocycles. The van der Waals surface area contributed by atoms with Gasteiger partial charge >= 0.3 is 0 Å². The molecule has 0 aliphatic carbocycles. The number of aromatic nitrogens is 3. The lowest BCUT2D eigenvalue weighted by Crippen LogP contribution is -2.05. The predicted octanol–water partition coefficient (Wildman–Crippen LogP) is 3.99. The van der Waals surface area contributed by atoms with Crippen LogP contribution in [0.5, 0.6) is 0 Å². The highest BCUT2D eigenvalue weighted by molar-refractivity contribution is 6.35. The second-order valence-corrected chi connectivity index (χ2v) is 4.62. The van der Waals surface area contributed by atoms with Gasteiger partial charge in [0.15, 0.2) is 0 Å². The van der Waals surface area contributed by atoms with Crippen LogP contribution in [-0.4, -0.2) is 14.8 Å². The summed E-state index contributed by atoms with van der Waals surface area (Å²) in [6, 6.07) is 5.26. The van der Waals surface area contributed by atoms with Crippen LogP contribution < -0.4 is 0 Å². The van der Waals surface area contributed by atoms with Crippen LogP contribution in [0.15, 0.2) is 30.9 Å². The molecular weight excluding hydrogens is 304 g/mol. The van der Waals surface area contributed by atoms with Gasteiger partial charge in [0.05, 0.1) is 11.9 Å². The largest absolute Gasteiger partial charge is 0.251 e. The highest BCUT2D eigenvalue weighted by atomic mass is 35.5. The fourth-order valence-corrected chi connectivity index (χ4v) is 2.27. The van der Waals surface area contributed by atoms with Gasteiger partial charge in [-0.25, -0.2) is 4.98 Å². The van der Waals surface area contributed by atoms with E-state index >= 15 is 0 Å². The van der Waals surface area contributed by atoms with Crippen LogP contribution in [-0.2, 0) is 6.54 Å². The molecule has 0 amide bonds. The number of hydrogen-bond donors (Lipinski definition) is 0. The molecule has 0 saturated carbocycles. The third-order valence-corrected chi connectivity index (χ3v) is 3.05. The molecule has 0 aliphatic heterocycles.